The van der Waals surface area contributed by atoms with Gasteiger partial charge in [0.15, 0.2) is 5.82 Å². The molecule has 1 fully saturated rings. The number of nitrogens with one attached hydrogen (secondary N) is 2. The van der Waals surface area contributed by atoms with Crippen LogP contribution in [0, 0.1) is 19.8 Å². The second-order valence-corrected chi connectivity index (χ2v) is 8.47. The maximum atomic E-state index is 12.2. The van der Waals surface area contributed by atoms with Crippen molar-refractivity contribution >= 4 is 17.7 Å². The maximum absolute atomic E-state index is 12.2. The number of nitrogens with zero attached hydrogens (tertiary/aromatic N) is 4. The lowest BCUT2D eigenvalue weighted by Crippen LogP contribution is -2.42. The van der Waals surface area contributed by atoms with Crippen LogP contribution in [-0.2, 0) is 11.2 Å². The molecule has 2 aromatic heterocycles. The highest BCUT2D eigenvalue weighted by atomic mass is 16.6. The molecular formula is C20H30N6O2. The van der Waals surface area contributed by atoms with E-state index in [1.807, 2.05) is 46.8 Å². The van der Waals surface area contributed by atoms with Gasteiger partial charge in [0.2, 0.25) is 0 Å². The van der Waals surface area contributed by atoms with E-state index in [9.17, 15) is 4.79 Å². The van der Waals surface area contributed by atoms with Crippen LogP contribution in [-0.4, -0.2) is 49.8 Å². The van der Waals surface area contributed by atoms with Gasteiger partial charge in [0.05, 0.1) is 0 Å². The van der Waals surface area contributed by atoms with Crippen molar-refractivity contribution in [2.45, 2.75) is 59.5 Å². The van der Waals surface area contributed by atoms with Crippen molar-refractivity contribution in [2.24, 2.45) is 5.92 Å². The van der Waals surface area contributed by atoms with E-state index in [4.69, 9.17) is 4.74 Å². The summed E-state index contributed by atoms with van der Waals surface area (Å²) in [6.45, 7) is 11.0. The molecular weight excluding hydrogens is 356 g/mol. The molecule has 0 spiro atoms. The Kier molecular flexibility index (Phi) is 5.86. The minimum absolute atomic E-state index is 0.218. The number of aromatic amines is 1. The first-order valence-electron chi connectivity index (χ1n) is 9.79. The van der Waals surface area contributed by atoms with Gasteiger partial charge in [-0.15, -0.1) is 0 Å². The molecule has 1 amide bonds. The van der Waals surface area contributed by atoms with Gasteiger partial charge < -0.3 is 15.0 Å². The first-order valence-corrected chi connectivity index (χ1v) is 9.79. The normalized spacial score (nSPS) is 15.5. The summed E-state index contributed by atoms with van der Waals surface area (Å²) in [5, 5.41) is 10.3. The first-order chi connectivity index (χ1) is 13.2. The van der Waals surface area contributed by atoms with Crippen molar-refractivity contribution in [1.82, 2.24) is 25.1 Å². The van der Waals surface area contributed by atoms with Gasteiger partial charge in [-0.25, -0.2) is 14.8 Å². The average Bonchev–Trinajstić information content (AvgIpc) is 2.98. The Morgan fingerprint density at radius 2 is 1.93 bits per heavy atom. The summed E-state index contributed by atoms with van der Waals surface area (Å²) < 4.78 is 5.47. The third-order valence-corrected chi connectivity index (χ3v) is 4.62. The number of piperidine rings is 1. The molecule has 1 saturated heterocycles. The number of rotatable bonds is 4. The summed E-state index contributed by atoms with van der Waals surface area (Å²) >= 11 is 0. The molecule has 152 valence electrons. The smallest absolute Gasteiger partial charge is 0.410 e. The SMILES string of the molecule is Cc1nc(CC2CCN(C(=O)OC(C)(C)C)CC2)cc(Nc2cc(C)[nH]n2)n1. The van der Waals surface area contributed by atoms with Crippen molar-refractivity contribution in [3.05, 3.63) is 29.3 Å². The minimum Gasteiger partial charge on any atom is -0.444 e. The Hall–Kier alpha value is -2.64. The number of H-pyrrole nitrogens is 1. The standard InChI is InChI=1S/C20H30N6O2/c1-13-10-18(25-24-13)23-17-12-16(21-14(2)22-17)11-15-6-8-26(9-7-15)19(27)28-20(3,4)5/h10,12,15H,6-9,11H2,1-5H3,(H2,21,22,23,24,25). The quantitative estimate of drug-likeness (QED) is 0.831. The van der Waals surface area contributed by atoms with Crippen LogP contribution in [0.15, 0.2) is 12.1 Å². The second kappa shape index (κ2) is 8.16. The number of carbonyl (C=O) groups is 1. The molecule has 1 aliphatic rings. The lowest BCUT2D eigenvalue weighted by atomic mass is 9.92. The topological polar surface area (TPSA) is 96.0 Å². The summed E-state index contributed by atoms with van der Waals surface area (Å²) in [6.07, 6.45) is 2.55. The number of hydrogen-bond donors (Lipinski definition) is 2. The van der Waals surface area contributed by atoms with E-state index in [2.05, 4.69) is 25.5 Å². The number of aryl methyl sites for hydroxylation is 2. The molecule has 8 heteroatoms. The van der Waals surface area contributed by atoms with Crippen LogP contribution in [0.5, 0.6) is 0 Å². The first kappa shape index (κ1) is 20.1. The highest BCUT2D eigenvalue weighted by Gasteiger charge is 2.27. The van der Waals surface area contributed by atoms with E-state index in [0.717, 1.165) is 61.2 Å². The highest BCUT2D eigenvalue weighted by molar-refractivity contribution is 5.68. The van der Waals surface area contributed by atoms with Crippen LogP contribution in [0.1, 0.15) is 50.8 Å². The predicted molar refractivity (Wildman–Crippen MR) is 108 cm³/mol. The third-order valence-electron chi connectivity index (χ3n) is 4.62. The average molecular weight is 386 g/mol. The van der Waals surface area contributed by atoms with Crippen molar-refractivity contribution in [3.63, 3.8) is 0 Å². The van der Waals surface area contributed by atoms with Crippen LogP contribution in [0.25, 0.3) is 0 Å². The van der Waals surface area contributed by atoms with E-state index in [1.54, 1.807) is 4.90 Å². The molecule has 0 unspecified atom stereocenters. The molecule has 0 bridgehead atoms. The van der Waals surface area contributed by atoms with Crippen LogP contribution >= 0.6 is 0 Å². The Morgan fingerprint density at radius 1 is 1.21 bits per heavy atom. The van der Waals surface area contributed by atoms with E-state index in [1.165, 1.54) is 0 Å². The largest absolute Gasteiger partial charge is 0.444 e. The lowest BCUT2D eigenvalue weighted by Gasteiger charge is -2.33. The molecule has 8 nitrogen and oxygen atoms in total. The molecule has 0 aliphatic carbocycles. The minimum atomic E-state index is -0.456. The molecule has 0 aromatic carbocycles. The van der Waals surface area contributed by atoms with E-state index < -0.39 is 5.60 Å². The van der Waals surface area contributed by atoms with Crippen LogP contribution in [0.3, 0.4) is 0 Å². The monoisotopic (exact) mass is 386 g/mol. The molecule has 1 aliphatic heterocycles. The Labute approximate surface area is 166 Å². The highest BCUT2D eigenvalue weighted by Crippen LogP contribution is 2.24. The lowest BCUT2D eigenvalue weighted by molar-refractivity contribution is 0.0184. The number of aromatic nitrogens is 4. The van der Waals surface area contributed by atoms with Crippen molar-refractivity contribution in [2.75, 3.05) is 18.4 Å². The van der Waals surface area contributed by atoms with Gasteiger partial charge >= 0.3 is 6.09 Å². The van der Waals surface area contributed by atoms with Gasteiger partial charge in [0, 0.05) is 36.6 Å². The van der Waals surface area contributed by atoms with Gasteiger partial charge in [-0.2, -0.15) is 5.10 Å². The molecule has 2 aromatic rings. The number of amides is 1. The van der Waals surface area contributed by atoms with Gasteiger partial charge in [-0.3, -0.25) is 5.10 Å². The summed E-state index contributed by atoms with van der Waals surface area (Å²) in [6, 6.07) is 3.92. The summed E-state index contributed by atoms with van der Waals surface area (Å²) in [5.74, 6) is 2.72. The predicted octanol–water partition coefficient (Wildman–Crippen LogP) is 3.75. The number of likely N-dealkylation sites (tertiary alicyclic amines) is 1. The molecule has 3 heterocycles. The zero-order chi connectivity index (χ0) is 20.3. The zero-order valence-corrected chi connectivity index (χ0v) is 17.4. The molecule has 0 atom stereocenters. The Bertz CT molecular complexity index is 818. The second-order valence-electron chi connectivity index (χ2n) is 8.47. The number of hydrogen-bond acceptors (Lipinski definition) is 6. The van der Waals surface area contributed by atoms with E-state index in [-0.39, 0.29) is 6.09 Å². The Morgan fingerprint density at radius 3 is 2.54 bits per heavy atom. The van der Waals surface area contributed by atoms with Crippen molar-refractivity contribution in [1.29, 1.82) is 0 Å². The van der Waals surface area contributed by atoms with Crippen LogP contribution in [0.2, 0.25) is 0 Å². The van der Waals surface area contributed by atoms with E-state index >= 15 is 0 Å². The van der Waals surface area contributed by atoms with Crippen molar-refractivity contribution < 1.29 is 9.53 Å². The molecule has 2 N–H and O–H groups in total. The number of ether oxygens (including phenoxy) is 1. The van der Waals surface area contributed by atoms with E-state index in [0.29, 0.717) is 5.92 Å². The number of carbonyl (C=O) groups excluding carboxylic acids is 1. The summed E-state index contributed by atoms with van der Waals surface area (Å²) in [4.78, 5) is 23.1. The van der Waals surface area contributed by atoms with Gasteiger partial charge in [0.25, 0.3) is 0 Å². The number of anilines is 2. The zero-order valence-electron chi connectivity index (χ0n) is 17.4. The van der Waals surface area contributed by atoms with Crippen LogP contribution in [0.4, 0.5) is 16.4 Å². The summed E-state index contributed by atoms with van der Waals surface area (Å²) in [5.41, 5.74) is 1.55. The van der Waals surface area contributed by atoms with Gasteiger partial charge in [-0.1, -0.05) is 0 Å². The molecule has 0 saturated carbocycles. The fraction of sp³-hybridized carbons (Fsp3) is 0.600. The molecule has 3 rings (SSSR count). The van der Waals surface area contributed by atoms with Crippen LogP contribution < -0.4 is 5.32 Å². The third kappa shape index (κ3) is 5.68. The van der Waals surface area contributed by atoms with Gasteiger partial charge in [-0.05, 0) is 59.8 Å². The van der Waals surface area contributed by atoms with Crippen molar-refractivity contribution in [3.8, 4) is 0 Å². The fourth-order valence-corrected chi connectivity index (χ4v) is 3.35. The van der Waals surface area contributed by atoms with Gasteiger partial charge in [0.1, 0.15) is 17.2 Å². The summed E-state index contributed by atoms with van der Waals surface area (Å²) in [7, 11) is 0. The Balaban J connectivity index is 1.57. The fourth-order valence-electron chi connectivity index (χ4n) is 3.35. The molecule has 28 heavy (non-hydrogen) atoms. The maximum Gasteiger partial charge on any atom is 0.410 e. The molecule has 0 radical (unpaired) electrons.